The summed E-state index contributed by atoms with van der Waals surface area (Å²) >= 11 is 0. The Morgan fingerprint density at radius 3 is 2.14 bits per heavy atom. The maximum atomic E-state index is 13.5. The zero-order valence-electron chi connectivity index (χ0n) is 18.9. The lowest BCUT2D eigenvalue weighted by atomic mass is 10.1. The largest absolute Gasteiger partial charge is 0.481 e. The Morgan fingerprint density at radius 2 is 1.46 bits per heavy atom. The van der Waals surface area contributed by atoms with Gasteiger partial charge in [-0.05, 0) is 41.3 Å². The molecule has 0 saturated heterocycles. The van der Waals surface area contributed by atoms with Crippen molar-refractivity contribution < 1.29 is 18.3 Å². The van der Waals surface area contributed by atoms with Crippen molar-refractivity contribution >= 4 is 16.0 Å². The van der Waals surface area contributed by atoms with E-state index in [1.165, 1.54) is 16.6 Å². The number of sulfonamides is 1. The van der Waals surface area contributed by atoms with Gasteiger partial charge in [0.25, 0.3) is 10.0 Å². The summed E-state index contributed by atoms with van der Waals surface area (Å²) in [4.78, 5) is 23.5. The number of hydrogen-bond acceptors (Lipinski definition) is 6. The van der Waals surface area contributed by atoms with Crippen molar-refractivity contribution in [3.63, 3.8) is 0 Å². The van der Waals surface area contributed by atoms with Crippen LogP contribution >= 0.6 is 0 Å². The van der Waals surface area contributed by atoms with Crippen LogP contribution in [0.4, 0.5) is 0 Å². The maximum absolute atomic E-state index is 13.5. The molecule has 0 spiro atoms. The molecule has 35 heavy (non-hydrogen) atoms. The highest BCUT2D eigenvalue weighted by atomic mass is 32.2. The third-order valence-electron chi connectivity index (χ3n) is 5.36. The summed E-state index contributed by atoms with van der Waals surface area (Å²) in [6.07, 6.45) is 5.17. The molecule has 0 unspecified atom stereocenters. The number of carboxylic acid groups (broad SMARTS) is 1. The van der Waals surface area contributed by atoms with Crippen LogP contribution in [0, 0.1) is 0 Å². The number of aryl methyl sites for hydroxylation is 1. The summed E-state index contributed by atoms with van der Waals surface area (Å²) in [6.45, 7) is 0.248. The molecule has 4 rings (SSSR count). The Bertz CT molecular complexity index is 1380. The topological polar surface area (TPSA) is 113 Å². The average Bonchev–Trinajstić information content (AvgIpc) is 2.89. The molecule has 9 heteroatoms. The van der Waals surface area contributed by atoms with E-state index >= 15 is 0 Å². The van der Waals surface area contributed by atoms with Gasteiger partial charge in [-0.25, -0.2) is 23.4 Å². The highest BCUT2D eigenvalue weighted by Crippen LogP contribution is 2.22. The Kier molecular flexibility index (Phi) is 7.59. The molecular formula is C26H24N4O4S. The van der Waals surface area contributed by atoms with Crippen LogP contribution in [0.5, 0.6) is 0 Å². The predicted molar refractivity (Wildman–Crippen MR) is 131 cm³/mol. The zero-order chi connectivity index (χ0) is 24.7. The van der Waals surface area contributed by atoms with E-state index in [1.807, 2.05) is 48.5 Å². The number of pyridine rings is 1. The first-order chi connectivity index (χ1) is 16.9. The molecule has 0 atom stereocenters. The zero-order valence-corrected chi connectivity index (χ0v) is 19.7. The molecule has 2 aromatic heterocycles. The van der Waals surface area contributed by atoms with Gasteiger partial charge in [-0.2, -0.15) is 4.31 Å². The third-order valence-corrected chi connectivity index (χ3v) is 7.06. The second kappa shape index (κ2) is 11.0. The molecule has 0 saturated carbocycles. The van der Waals surface area contributed by atoms with Gasteiger partial charge in [-0.3, -0.25) is 4.79 Å². The summed E-state index contributed by atoms with van der Waals surface area (Å²) in [6, 6.07) is 21.3. The van der Waals surface area contributed by atoms with Gasteiger partial charge in [-0.1, -0.05) is 54.6 Å². The molecule has 178 valence electrons. The monoisotopic (exact) mass is 488 g/mol. The first kappa shape index (κ1) is 24.2. The molecule has 0 radical (unpaired) electrons. The molecule has 0 aliphatic rings. The first-order valence-corrected chi connectivity index (χ1v) is 12.4. The van der Waals surface area contributed by atoms with Crippen LogP contribution in [0.15, 0.2) is 96.4 Å². The summed E-state index contributed by atoms with van der Waals surface area (Å²) in [5.41, 5.74) is 3.24. The van der Waals surface area contributed by atoms with Gasteiger partial charge in [0.15, 0.2) is 10.9 Å². The number of aliphatic carboxylic acids is 1. The molecule has 2 aromatic carbocycles. The van der Waals surface area contributed by atoms with Crippen LogP contribution in [0.2, 0.25) is 0 Å². The standard InChI is InChI=1S/C26H24N4O4S/c31-25(32)13-10-20-5-3-6-22(17-20)19-30(35(33,34)24-7-1-2-14-27-24)18-21-8-11-23(12-9-21)26-28-15-4-16-29-26/h1-9,11-12,14-17H,10,13,18-19H2,(H,31,32). The number of carboxylic acids is 1. The summed E-state index contributed by atoms with van der Waals surface area (Å²) in [5.74, 6) is -0.283. The molecule has 8 nitrogen and oxygen atoms in total. The van der Waals surface area contributed by atoms with E-state index in [1.54, 1.807) is 30.6 Å². The predicted octanol–water partition coefficient (Wildman–Crippen LogP) is 3.95. The molecular weight excluding hydrogens is 464 g/mol. The lowest BCUT2D eigenvalue weighted by Crippen LogP contribution is -2.31. The summed E-state index contributed by atoms with van der Waals surface area (Å²) in [7, 11) is -3.89. The summed E-state index contributed by atoms with van der Waals surface area (Å²) in [5, 5.41) is 8.95. The minimum absolute atomic E-state index is 0.0108. The third kappa shape index (κ3) is 6.34. The minimum Gasteiger partial charge on any atom is -0.481 e. The van der Waals surface area contributed by atoms with Crippen molar-refractivity contribution in [3.8, 4) is 11.4 Å². The van der Waals surface area contributed by atoms with Crippen LogP contribution in [0.1, 0.15) is 23.1 Å². The van der Waals surface area contributed by atoms with Crippen molar-refractivity contribution in [2.75, 3.05) is 0 Å². The molecule has 4 aromatic rings. The van der Waals surface area contributed by atoms with E-state index in [4.69, 9.17) is 5.11 Å². The lowest BCUT2D eigenvalue weighted by Gasteiger charge is -2.22. The van der Waals surface area contributed by atoms with Crippen molar-refractivity contribution in [2.24, 2.45) is 0 Å². The smallest absolute Gasteiger partial charge is 0.303 e. The fourth-order valence-corrected chi connectivity index (χ4v) is 4.95. The van der Waals surface area contributed by atoms with Crippen molar-refractivity contribution in [2.45, 2.75) is 31.0 Å². The van der Waals surface area contributed by atoms with Gasteiger partial charge in [0.2, 0.25) is 0 Å². The first-order valence-electron chi connectivity index (χ1n) is 11.0. The SMILES string of the molecule is O=C(O)CCc1cccc(CN(Cc2ccc(-c3ncccn3)cc2)S(=O)(=O)c2ccccn2)c1. The van der Waals surface area contributed by atoms with Gasteiger partial charge in [0.05, 0.1) is 0 Å². The van der Waals surface area contributed by atoms with Gasteiger partial charge in [0, 0.05) is 43.7 Å². The van der Waals surface area contributed by atoms with Gasteiger partial charge < -0.3 is 5.11 Å². The second-order valence-corrected chi connectivity index (χ2v) is 9.81. The van der Waals surface area contributed by atoms with Gasteiger partial charge in [-0.15, -0.1) is 0 Å². The molecule has 0 amide bonds. The van der Waals surface area contributed by atoms with E-state index in [2.05, 4.69) is 15.0 Å². The quantitative estimate of drug-likeness (QED) is 0.360. The number of nitrogens with zero attached hydrogens (tertiary/aromatic N) is 4. The second-order valence-electron chi connectivity index (χ2n) is 7.92. The number of carbonyl (C=O) groups is 1. The molecule has 1 N–H and O–H groups in total. The molecule has 0 aliphatic carbocycles. The Balaban J connectivity index is 1.61. The van der Waals surface area contributed by atoms with E-state index in [-0.39, 0.29) is 24.5 Å². The minimum atomic E-state index is -3.89. The van der Waals surface area contributed by atoms with E-state index in [9.17, 15) is 13.2 Å². The van der Waals surface area contributed by atoms with Crippen LogP contribution in [-0.2, 0) is 34.3 Å². The number of aromatic nitrogens is 3. The highest BCUT2D eigenvalue weighted by Gasteiger charge is 2.26. The van der Waals surface area contributed by atoms with Crippen LogP contribution in [0.3, 0.4) is 0 Å². The highest BCUT2D eigenvalue weighted by molar-refractivity contribution is 7.89. The number of benzene rings is 2. The lowest BCUT2D eigenvalue weighted by molar-refractivity contribution is -0.136. The molecule has 0 bridgehead atoms. The van der Waals surface area contributed by atoms with E-state index in [0.29, 0.717) is 12.2 Å². The normalized spacial score (nSPS) is 11.5. The van der Waals surface area contributed by atoms with Crippen LogP contribution < -0.4 is 0 Å². The molecule has 2 heterocycles. The fraction of sp³-hybridized carbons (Fsp3) is 0.154. The van der Waals surface area contributed by atoms with E-state index < -0.39 is 16.0 Å². The van der Waals surface area contributed by atoms with Crippen LogP contribution in [-0.4, -0.2) is 38.8 Å². The number of hydrogen-bond donors (Lipinski definition) is 1. The average molecular weight is 489 g/mol. The Hall–Kier alpha value is -3.95. The van der Waals surface area contributed by atoms with Crippen molar-refractivity contribution in [3.05, 3.63) is 108 Å². The maximum Gasteiger partial charge on any atom is 0.303 e. The summed E-state index contributed by atoms with van der Waals surface area (Å²) < 4.78 is 28.4. The number of rotatable bonds is 10. The van der Waals surface area contributed by atoms with Crippen molar-refractivity contribution in [1.29, 1.82) is 0 Å². The molecule has 0 aliphatic heterocycles. The van der Waals surface area contributed by atoms with Crippen LogP contribution in [0.25, 0.3) is 11.4 Å². The van der Waals surface area contributed by atoms with Gasteiger partial charge in [0.1, 0.15) is 0 Å². The Labute approximate surface area is 204 Å². The van der Waals surface area contributed by atoms with Gasteiger partial charge >= 0.3 is 5.97 Å². The molecule has 0 fully saturated rings. The Morgan fingerprint density at radius 1 is 0.771 bits per heavy atom. The van der Waals surface area contributed by atoms with E-state index in [0.717, 1.165) is 22.3 Å². The fourth-order valence-electron chi connectivity index (χ4n) is 3.61. The van der Waals surface area contributed by atoms with Crippen molar-refractivity contribution in [1.82, 2.24) is 19.3 Å².